The van der Waals surface area contributed by atoms with Crippen LogP contribution in [-0.4, -0.2) is 16.6 Å². The molecular formula is C13H13ClN2O2. The normalized spacial score (nSPS) is 10.1. The van der Waals surface area contributed by atoms with Crippen molar-refractivity contribution in [3.8, 4) is 17.6 Å². The first-order valence-corrected chi connectivity index (χ1v) is 6.05. The van der Waals surface area contributed by atoms with Crippen molar-refractivity contribution >= 4 is 11.6 Å². The van der Waals surface area contributed by atoms with E-state index in [9.17, 15) is 0 Å². The molecule has 18 heavy (non-hydrogen) atoms. The lowest BCUT2D eigenvalue weighted by molar-refractivity contribution is 0.287. The first-order chi connectivity index (χ1) is 8.78. The molecule has 0 atom stereocenters. The van der Waals surface area contributed by atoms with Crippen LogP contribution in [-0.2, 0) is 0 Å². The van der Waals surface area contributed by atoms with Crippen molar-refractivity contribution in [3.63, 3.8) is 0 Å². The SMILES string of the molecule is CCCOc1nccc(Oc2ccc(Cl)cc2)n1. The maximum Gasteiger partial charge on any atom is 0.319 e. The minimum atomic E-state index is 0.323. The van der Waals surface area contributed by atoms with Gasteiger partial charge in [-0.05, 0) is 30.7 Å². The van der Waals surface area contributed by atoms with Crippen LogP contribution in [0.4, 0.5) is 0 Å². The van der Waals surface area contributed by atoms with E-state index in [0.717, 1.165) is 6.42 Å². The van der Waals surface area contributed by atoms with Gasteiger partial charge in [0.05, 0.1) is 6.61 Å². The van der Waals surface area contributed by atoms with E-state index in [1.165, 1.54) is 0 Å². The Hall–Kier alpha value is -1.81. The molecule has 1 heterocycles. The second kappa shape index (κ2) is 6.21. The summed E-state index contributed by atoms with van der Waals surface area (Å²) in [6.45, 7) is 2.61. The van der Waals surface area contributed by atoms with Crippen LogP contribution in [0.25, 0.3) is 0 Å². The van der Waals surface area contributed by atoms with Gasteiger partial charge in [0.15, 0.2) is 0 Å². The van der Waals surface area contributed by atoms with E-state index < -0.39 is 0 Å². The first kappa shape index (κ1) is 12.6. The van der Waals surface area contributed by atoms with Gasteiger partial charge in [-0.1, -0.05) is 18.5 Å². The average Bonchev–Trinajstić information content (AvgIpc) is 2.40. The fraction of sp³-hybridized carbons (Fsp3) is 0.231. The monoisotopic (exact) mass is 264 g/mol. The summed E-state index contributed by atoms with van der Waals surface area (Å²) in [6.07, 6.45) is 2.51. The van der Waals surface area contributed by atoms with E-state index in [0.29, 0.717) is 29.3 Å². The molecular weight excluding hydrogens is 252 g/mol. The molecule has 0 amide bonds. The van der Waals surface area contributed by atoms with Crippen molar-refractivity contribution in [3.05, 3.63) is 41.6 Å². The molecule has 94 valence electrons. The second-order valence-corrected chi connectivity index (χ2v) is 4.02. The number of ether oxygens (including phenoxy) is 2. The third-order valence-corrected chi connectivity index (χ3v) is 2.33. The summed E-state index contributed by atoms with van der Waals surface area (Å²) in [4.78, 5) is 8.14. The molecule has 0 radical (unpaired) electrons. The lowest BCUT2D eigenvalue weighted by Crippen LogP contribution is -2.00. The van der Waals surface area contributed by atoms with Gasteiger partial charge < -0.3 is 9.47 Å². The Kier molecular flexibility index (Phi) is 4.36. The summed E-state index contributed by atoms with van der Waals surface area (Å²) in [5.74, 6) is 1.11. The van der Waals surface area contributed by atoms with Crippen LogP contribution in [0.15, 0.2) is 36.5 Å². The van der Waals surface area contributed by atoms with E-state index in [1.54, 1.807) is 36.5 Å². The predicted molar refractivity (Wildman–Crippen MR) is 69.3 cm³/mol. The largest absolute Gasteiger partial charge is 0.463 e. The van der Waals surface area contributed by atoms with Gasteiger partial charge in [-0.15, -0.1) is 0 Å². The van der Waals surface area contributed by atoms with Crippen LogP contribution in [0, 0.1) is 0 Å². The quantitative estimate of drug-likeness (QED) is 0.826. The van der Waals surface area contributed by atoms with E-state index in [-0.39, 0.29) is 0 Å². The average molecular weight is 265 g/mol. The molecule has 0 aliphatic heterocycles. The maximum atomic E-state index is 5.80. The molecule has 0 saturated heterocycles. The second-order valence-electron chi connectivity index (χ2n) is 3.58. The molecule has 0 aliphatic carbocycles. The molecule has 0 saturated carbocycles. The van der Waals surface area contributed by atoms with Crippen molar-refractivity contribution in [2.45, 2.75) is 13.3 Å². The maximum absolute atomic E-state index is 5.80. The van der Waals surface area contributed by atoms with Gasteiger partial charge in [-0.2, -0.15) is 4.98 Å². The van der Waals surface area contributed by atoms with Gasteiger partial charge in [0, 0.05) is 17.3 Å². The number of hydrogen-bond acceptors (Lipinski definition) is 4. The van der Waals surface area contributed by atoms with Crippen molar-refractivity contribution < 1.29 is 9.47 Å². The standard InChI is InChI=1S/C13H13ClN2O2/c1-2-9-17-13-15-8-7-12(16-13)18-11-5-3-10(14)4-6-11/h3-8H,2,9H2,1H3. The first-order valence-electron chi connectivity index (χ1n) is 5.67. The number of halogens is 1. The number of aromatic nitrogens is 2. The highest BCUT2D eigenvalue weighted by Gasteiger charge is 2.02. The highest BCUT2D eigenvalue weighted by molar-refractivity contribution is 6.30. The number of hydrogen-bond donors (Lipinski definition) is 0. The molecule has 0 fully saturated rings. The van der Waals surface area contributed by atoms with Crippen LogP contribution in [0.5, 0.6) is 17.6 Å². The van der Waals surface area contributed by atoms with Gasteiger partial charge in [-0.25, -0.2) is 4.98 Å². The van der Waals surface area contributed by atoms with Crippen molar-refractivity contribution in [2.24, 2.45) is 0 Å². The fourth-order valence-corrected chi connectivity index (χ4v) is 1.39. The molecule has 1 aromatic heterocycles. The smallest absolute Gasteiger partial charge is 0.319 e. The number of benzene rings is 1. The third kappa shape index (κ3) is 3.60. The Morgan fingerprint density at radius 2 is 1.94 bits per heavy atom. The molecule has 5 heteroatoms. The minimum Gasteiger partial charge on any atom is -0.463 e. The molecule has 0 aliphatic rings. The summed E-state index contributed by atoms with van der Waals surface area (Å²) in [6, 6.07) is 9.06. The van der Waals surface area contributed by atoms with E-state index in [4.69, 9.17) is 21.1 Å². The summed E-state index contributed by atoms with van der Waals surface area (Å²) >= 11 is 5.80. The zero-order valence-corrected chi connectivity index (χ0v) is 10.7. The summed E-state index contributed by atoms with van der Waals surface area (Å²) < 4.78 is 10.9. The molecule has 0 unspecified atom stereocenters. The van der Waals surface area contributed by atoms with Crippen LogP contribution in [0.3, 0.4) is 0 Å². The lowest BCUT2D eigenvalue weighted by Gasteiger charge is -2.06. The predicted octanol–water partition coefficient (Wildman–Crippen LogP) is 3.71. The van der Waals surface area contributed by atoms with Crippen LogP contribution >= 0.6 is 11.6 Å². The Labute approximate surface area is 111 Å². The topological polar surface area (TPSA) is 44.2 Å². The zero-order chi connectivity index (χ0) is 12.8. The van der Waals surface area contributed by atoms with Gasteiger partial charge >= 0.3 is 6.01 Å². The Balaban J connectivity index is 2.06. The highest BCUT2D eigenvalue weighted by Crippen LogP contribution is 2.22. The van der Waals surface area contributed by atoms with E-state index in [1.807, 2.05) is 6.92 Å². The van der Waals surface area contributed by atoms with Crippen LogP contribution < -0.4 is 9.47 Å². The molecule has 2 aromatic rings. The molecule has 4 nitrogen and oxygen atoms in total. The number of rotatable bonds is 5. The summed E-state index contributed by atoms with van der Waals surface area (Å²) in [5.41, 5.74) is 0. The van der Waals surface area contributed by atoms with Crippen molar-refractivity contribution in [2.75, 3.05) is 6.61 Å². The Bertz CT molecular complexity index is 503. The van der Waals surface area contributed by atoms with Crippen LogP contribution in [0.2, 0.25) is 5.02 Å². The lowest BCUT2D eigenvalue weighted by atomic mass is 10.3. The van der Waals surface area contributed by atoms with Gasteiger partial charge in [0.1, 0.15) is 5.75 Å². The Morgan fingerprint density at radius 3 is 2.67 bits per heavy atom. The van der Waals surface area contributed by atoms with Crippen LogP contribution in [0.1, 0.15) is 13.3 Å². The highest BCUT2D eigenvalue weighted by atomic mass is 35.5. The molecule has 0 N–H and O–H groups in total. The van der Waals surface area contributed by atoms with Gasteiger partial charge in [0.25, 0.3) is 0 Å². The summed E-state index contributed by atoms with van der Waals surface area (Å²) in [7, 11) is 0. The minimum absolute atomic E-state index is 0.323. The third-order valence-electron chi connectivity index (χ3n) is 2.08. The molecule has 0 bridgehead atoms. The zero-order valence-electron chi connectivity index (χ0n) is 9.97. The molecule has 1 aromatic carbocycles. The van der Waals surface area contributed by atoms with Crippen molar-refractivity contribution in [1.29, 1.82) is 0 Å². The summed E-state index contributed by atoms with van der Waals surface area (Å²) in [5, 5.41) is 0.664. The number of nitrogens with zero attached hydrogens (tertiary/aromatic N) is 2. The van der Waals surface area contributed by atoms with E-state index >= 15 is 0 Å². The van der Waals surface area contributed by atoms with Gasteiger partial charge in [-0.3, -0.25) is 0 Å². The molecule has 0 spiro atoms. The van der Waals surface area contributed by atoms with Crippen molar-refractivity contribution in [1.82, 2.24) is 9.97 Å². The van der Waals surface area contributed by atoms with E-state index in [2.05, 4.69) is 9.97 Å². The Morgan fingerprint density at radius 1 is 1.17 bits per heavy atom. The fourth-order valence-electron chi connectivity index (χ4n) is 1.27. The molecule has 2 rings (SSSR count). The van der Waals surface area contributed by atoms with Gasteiger partial charge in [0.2, 0.25) is 5.88 Å².